The first kappa shape index (κ1) is 31.0. The fourth-order valence-electron chi connectivity index (χ4n) is 5.11. The van der Waals surface area contributed by atoms with Gasteiger partial charge in [-0.25, -0.2) is 4.98 Å². The van der Waals surface area contributed by atoms with Crippen molar-refractivity contribution >= 4 is 51.3 Å². The van der Waals surface area contributed by atoms with E-state index in [1.54, 1.807) is 55.8 Å². The number of allylic oxidation sites excluding steroid dienone is 1. The molecule has 2 heterocycles. The molecule has 0 fully saturated rings. The lowest BCUT2D eigenvalue weighted by Crippen LogP contribution is -2.20. The molecule has 0 aliphatic rings. The standard InChI is InChI=1S/C36H29Cl2N3O5/c1-4-9-24-16-23(18-32(44-5-2)34(24)45-21-22-14-15-27(37)28(38)17-22)20-39-41-35(40-29-11-7-6-10-25(29)36(41)42)33-19-26-30(43-3)12-8-13-31(26)46-33/h4,6-8,10-20H,1,5,9,21H2,2-3H3. The van der Waals surface area contributed by atoms with Gasteiger partial charge in [-0.15, -0.1) is 6.58 Å². The number of ether oxygens (including phenoxy) is 3. The van der Waals surface area contributed by atoms with Gasteiger partial charge in [0.2, 0.25) is 5.82 Å². The van der Waals surface area contributed by atoms with E-state index in [0.29, 0.717) is 68.1 Å². The second kappa shape index (κ2) is 13.5. The number of furan rings is 1. The van der Waals surface area contributed by atoms with Crippen molar-refractivity contribution in [2.75, 3.05) is 13.7 Å². The molecule has 0 N–H and O–H groups in total. The molecule has 0 aliphatic carbocycles. The van der Waals surface area contributed by atoms with Gasteiger partial charge in [-0.2, -0.15) is 9.78 Å². The van der Waals surface area contributed by atoms with Crippen LogP contribution >= 0.6 is 23.2 Å². The zero-order valence-electron chi connectivity index (χ0n) is 25.1. The molecule has 4 aromatic carbocycles. The minimum atomic E-state index is -0.345. The number of nitrogens with zero attached hydrogens (tertiary/aromatic N) is 3. The van der Waals surface area contributed by atoms with Crippen LogP contribution in [0.2, 0.25) is 10.0 Å². The molecule has 6 rings (SSSR count). The lowest BCUT2D eigenvalue weighted by Gasteiger charge is -2.17. The molecule has 6 aromatic rings. The zero-order chi connectivity index (χ0) is 32.2. The molecule has 232 valence electrons. The molecule has 0 saturated carbocycles. The molecular weight excluding hydrogens is 625 g/mol. The second-order valence-corrected chi connectivity index (χ2v) is 11.1. The van der Waals surface area contributed by atoms with E-state index in [4.69, 9.17) is 46.8 Å². The van der Waals surface area contributed by atoms with E-state index in [-0.39, 0.29) is 18.0 Å². The first-order valence-corrected chi connectivity index (χ1v) is 15.3. The largest absolute Gasteiger partial charge is 0.496 e. The van der Waals surface area contributed by atoms with Gasteiger partial charge in [-0.1, -0.05) is 53.5 Å². The van der Waals surface area contributed by atoms with Crippen molar-refractivity contribution in [3.8, 4) is 28.8 Å². The van der Waals surface area contributed by atoms with E-state index in [9.17, 15) is 4.79 Å². The smallest absolute Gasteiger partial charge is 0.282 e. The third-order valence-electron chi connectivity index (χ3n) is 7.22. The first-order valence-electron chi connectivity index (χ1n) is 14.5. The number of rotatable bonds is 11. The quantitative estimate of drug-likeness (QED) is 0.103. The summed E-state index contributed by atoms with van der Waals surface area (Å²) in [5, 5.41) is 6.73. The summed E-state index contributed by atoms with van der Waals surface area (Å²) >= 11 is 12.3. The van der Waals surface area contributed by atoms with Crippen LogP contribution in [-0.4, -0.2) is 29.6 Å². The third-order valence-corrected chi connectivity index (χ3v) is 7.96. The van der Waals surface area contributed by atoms with E-state index in [2.05, 4.69) is 11.7 Å². The van der Waals surface area contributed by atoms with E-state index >= 15 is 0 Å². The predicted octanol–water partition coefficient (Wildman–Crippen LogP) is 8.71. The van der Waals surface area contributed by atoms with Gasteiger partial charge in [0.05, 0.1) is 46.3 Å². The maximum Gasteiger partial charge on any atom is 0.282 e. The Labute approximate surface area is 275 Å². The van der Waals surface area contributed by atoms with Gasteiger partial charge in [0.15, 0.2) is 17.3 Å². The van der Waals surface area contributed by atoms with Gasteiger partial charge < -0.3 is 18.6 Å². The summed E-state index contributed by atoms with van der Waals surface area (Å²) < 4.78 is 25.2. The summed E-state index contributed by atoms with van der Waals surface area (Å²) in [7, 11) is 1.59. The van der Waals surface area contributed by atoms with Crippen molar-refractivity contribution in [3.63, 3.8) is 0 Å². The third kappa shape index (κ3) is 6.22. The molecule has 0 saturated heterocycles. The summed E-state index contributed by atoms with van der Waals surface area (Å²) in [6.45, 7) is 6.47. The monoisotopic (exact) mass is 653 g/mol. The van der Waals surface area contributed by atoms with Crippen LogP contribution in [0.25, 0.3) is 33.5 Å². The Balaban J connectivity index is 1.43. The van der Waals surface area contributed by atoms with Gasteiger partial charge in [-0.05, 0) is 79.1 Å². The van der Waals surface area contributed by atoms with Crippen molar-refractivity contribution in [2.45, 2.75) is 20.0 Å². The molecule has 0 spiro atoms. The van der Waals surface area contributed by atoms with Gasteiger partial charge in [0, 0.05) is 5.56 Å². The summed E-state index contributed by atoms with van der Waals surface area (Å²) in [6, 6.07) is 23.5. The highest BCUT2D eigenvalue weighted by atomic mass is 35.5. The Hall–Kier alpha value is -5.05. The Kier molecular flexibility index (Phi) is 9.10. The molecule has 0 atom stereocenters. The van der Waals surface area contributed by atoms with E-state index < -0.39 is 0 Å². The fraction of sp³-hybridized carbons (Fsp3) is 0.139. The number of para-hydroxylation sites is 1. The predicted molar refractivity (Wildman–Crippen MR) is 183 cm³/mol. The molecule has 46 heavy (non-hydrogen) atoms. The van der Waals surface area contributed by atoms with Crippen molar-refractivity contribution < 1.29 is 18.6 Å². The number of benzene rings is 4. The second-order valence-electron chi connectivity index (χ2n) is 10.3. The average molecular weight is 655 g/mol. The molecular formula is C36H29Cl2N3O5. The lowest BCUT2D eigenvalue weighted by atomic mass is 10.1. The Morgan fingerprint density at radius 1 is 0.957 bits per heavy atom. The molecule has 0 unspecified atom stereocenters. The van der Waals surface area contributed by atoms with Crippen molar-refractivity contribution in [1.82, 2.24) is 9.66 Å². The highest BCUT2D eigenvalue weighted by Gasteiger charge is 2.19. The minimum Gasteiger partial charge on any atom is -0.496 e. The van der Waals surface area contributed by atoms with Crippen LogP contribution in [0.4, 0.5) is 0 Å². The number of aromatic nitrogens is 2. The van der Waals surface area contributed by atoms with Crippen LogP contribution in [0, 0.1) is 0 Å². The van der Waals surface area contributed by atoms with Crippen LogP contribution in [0.3, 0.4) is 0 Å². The van der Waals surface area contributed by atoms with Crippen molar-refractivity contribution in [1.29, 1.82) is 0 Å². The van der Waals surface area contributed by atoms with E-state index in [1.807, 2.05) is 49.4 Å². The van der Waals surface area contributed by atoms with Crippen LogP contribution < -0.4 is 19.8 Å². The van der Waals surface area contributed by atoms with Gasteiger partial charge in [-0.3, -0.25) is 4.79 Å². The van der Waals surface area contributed by atoms with Crippen LogP contribution in [0.1, 0.15) is 23.6 Å². The molecule has 0 radical (unpaired) electrons. The molecule has 10 heteroatoms. The Morgan fingerprint density at radius 3 is 2.59 bits per heavy atom. The lowest BCUT2D eigenvalue weighted by molar-refractivity contribution is 0.267. The minimum absolute atomic E-state index is 0.246. The average Bonchev–Trinajstić information content (AvgIpc) is 3.50. The SMILES string of the molecule is C=CCc1cc(C=Nn2c(-c3cc4c(OC)cccc4o3)nc3ccccc3c2=O)cc(OCC)c1OCc1ccc(Cl)c(Cl)c1. The number of methoxy groups -OCH3 is 1. The highest BCUT2D eigenvalue weighted by Crippen LogP contribution is 2.36. The molecule has 0 aliphatic heterocycles. The van der Waals surface area contributed by atoms with Crippen LogP contribution in [-0.2, 0) is 13.0 Å². The number of hydrogen-bond donors (Lipinski definition) is 0. The van der Waals surface area contributed by atoms with Gasteiger partial charge in [0.1, 0.15) is 17.9 Å². The van der Waals surface area contributed by atoms with Crippen molar-refractivity contribution in [3.05, 3.63) is 129 Å². The first-order chi connectivity index (χ1) is 22.4. The maximum absolute atomic E-state index is 13.8. The molecule has 0 bridgehead atoms. The highest BCUT2D eigenvalue weighted by molar-refractivity contribution is 6.42. The summed E-state index contributed by atoms with van der Waals surface area (Å²) in [4.78, 5) is 18.6. The Bertz CT molecular complexity index is 2170. The normalized spacial score (nSPS) is 11.4. The Morgan fingerprint density at radius 2 is 1.80 bits per heavy atom. The summed E-state index contributed by atoms with van der Waals surface area (Å²) in [6.07, 6.45) is 3.87. The number of fused-ring (bicyclic) bond motifs is 2. The van der Waals surface area contributed by atoms with Gasteiger partial charge >= 0.3 is 0 Å². The van der Waals surface area contributed by atoms with Crippen LogP contribution in [0.15, 0.2) is 106 Å². The molecule has 8 nitrogen and oxygen atoms in total. The maximum atomic E-state index is 13.8. The van der Waals surface area contributed by atoms with E-state index in [0.717, 1.165) is 16.5 Å². The van der Waals surface area contributed by atoms with E-state index in [1.165, 1.54) is 4.68 Å². The zero-order valence-corrected chi connectivity index (χ0v) is 26.6. The van der Waals surface area contributed by atoms with Crippen LogP contribution in [0.5, 0.6) is 17.2 Å². The topological polar surface area (TPSA) is 88.1 Å². The molecule has 2 aromatic heterocycles. The van der Waals surface area contributed by atoms with Gasteiger partial charge in [0.25, 0.3) is 5.56 Å². The summed E-state index contributed by atoms with van der Waals surface area (Å²) in [5.74, 6) is 2.36. The van der Waals surface area contributed by atoms with Crippen molar-refractivity contribution in [2.24, 2.45) is 5.10 Å². The fourth-order valence-corrected chi connectivity index (χ4v) is 5.43. The molecule has 0 amide bonds. The summed E-state index contributed by atoms with van der Waals surface area (Å²) in [5.41, 5.74) is 3.14. The number of hydrogen-bond acceptors (Lipinski definition) is 7. The number of halogens is 2.